The summed E-state index contributed by atoms with van der Waals surface area (Å²) in [4.78, 5) is 38.0. The zero-order chi connectivity index (χ0) is 17.9. The number of carbonyl (C=O) groups excluding carboxylic acids is 3. The molecule has 1 aromatic rings. The molecule has 0 radical (unpaired) electrons. The molecule has 1 aliphatic rings. The first-order valence-electron chi connectivity index (χ1n) is 8.05. The quantitative estimate of drug-likeness (QED) is 0.566. The van der Waals surface area contributed by atoms with Crippen molar-refractivity contribution < 1.29 is 23.9 Å². The van der Waals surface area contributed by atoms with E-state index >= 15 is 0 Å². The van der Waals surface area contributed by atoms with E-state index in [1.54, 1.807) is 45.0 Å². The standard InChI is InChI=1S/C18H23NO5/c1-5-10-23-17(22)12(2)24-11-18(3,4)19-15(20)13-8-6-7-9-14(13)16(19)21/h6-9,12H,5,10-11H2,1-4H3. The molecule has 0 aliphatic carbocycles. The zero-order valence-electron chi connectivity index (χ0n) is 14.5. The molecule has 2 amide bonds. The maximum Gasteiger partial charge on any atom is 0.334 e. The molecule has 0 spiro atoms. The summed E-state index contributed by atoms with van der Waals surface area (Å²) in [6, 6.07) is 6.72. The molecule has 0 saturated carbocycles. The van der Waals surface area contributed by atoms with E-state index in [0.717, 1.165) is 6.42 Å². The van der Waals surface area contributed by atoms with Gasteiger partial charge in [-0.15, -0.1) is 0 Å². The van der Waals surface area contributed by atoms with Gasteiger partial charge in [0.25, 0.3) is 11.8 Å². The van der Waals surface area contributed by atoms with E-state index < -0.39 is 17.6 Å². The SMILES string of the molecule is CCCOC(=O)C(C)OCC(C)(C)N1C(=O)c2ccccc2C1=O. The van der Waals surface area contributed by atoms with Crippen LogP contribution in [0, 0.1) is 0 Å². The molecule has 0 bridgehead atoms. The van der Waals surface area contributed by atoms with Crippen LogP contribution in [-0.4, -0.2) is 47.5 Å². The Morgan fingerprint density at radius 2 is 1.71 bits per heavy atom. The highest BCUT2D eigenvalue weighted by Crippen LogP contribution is 2.29. The van der Waals surface area contributed by atoms with Crippen LogP contribution in [0.4, 0.5) is 0 Å². The zero-order valence-corrected chi connectivity index (χ0v) is 14.5. The van der Waals surface area contributed by atoms with Gasteiger partial charge in [0.15, 0.2) is 6.10 Å². The molecular weight excluding hydrogens is 310 g/mol. The molecular formula is C18H23NO5. The molecule has 130 valence electrons. The van der Waals surface area contributed by atoms with Crippen LogP contribution in [0.2, 0.25) is 0 Å². The highest BCUT2D eigenvalue weighted by atomic mass is 16.6. The first-order chi connectivity index (χ1) is 11.3. The van der Waals surface area contributed by atoms with Gasteiger partial charge in [0, 0.05) is 0 Å². The Morgan fingerprint density at radius 3 is 2.21 bits per heavy atom. The van der Waals surface area contributed by atoms with Crippen molar-refractivity contribution in [1.82, 2.24) is 4.90 Å². The summed E-state index contributed by atoms with van der Waals surface area (Å²) in [5.74, 6) is -1.13. The van der Waals surface area contributed by atoms with Crippen molar-refractivity contribution in [3.8, 4) is 0 Å². The van der Waals surface area contributed by atoms with Crippen LogP contribution in [0.3, 0.4) is 0 Å². The monoisotopic (exact) mass is 333 g/mol. The highest BCUT2D eigenvalue weighted by molar-refractivity contribution is 6.21. The van der Waals surface area contributed by atoms with Gasteiger partial charge in [0.05, 0.1) is 29.9 Å². The van der Waals surface area contributed by atoms with Crippen molar-refractivity contribution in [3.63, 3.8) is 0 Å². The van der Waals surface area contributed by atoms with E-state index in [9.17, 15) is 14.4 Å². The third-order valence-corrected chi connectivity index (χ3v) is 3.87. The van der Waals surface area contributed by atoms with E-state index in [0.29, 0.717) is 17.7 Å². The lowest BCUT2D eigenvalue weighted by Crippen LogP contribution is -2.51. The van der Waals surface area contributed by atoms with Crippen molar-refractivity contribution in [2.45, 2.75) is 45.8 Å². The average molecular weight is 333 g/mol. The first-order valence-corrected chi connectivity index (χ1v) is 8.05. The number of carbonyl (C=O) groups is 3. The van der Waals surface area contributed by atoms with Gasteiger partial charge in [0.1, 0.15) is 0 Å². The second-order valence-corrected chi connectivity index (χ2v) is 6.42. The van der Waals surface area contributed by atoms with E-state index in [1.165, 1.54) is 4.90 Å². The summed E-state index contributed by atoms with van der Waals surface area (Å²) in [5.41, 5.74) is -0.0936. The molecule has 0 saturated heterocycles. The van der Waals surface area contributed by atoms with Crippen molar-refractivity contribution in [3.05, 3.63) is 35.4 Å². The average Bonchev–Trinajstić information content (AvgIpc) is 2.82. The lowest BCUT2D eigenvalue weighted by molar-refractivity contribution is -0.157. The number of imide groups is 1. The number of ether oxygens (including phenoxy) is 2. The summed E-state index contributed by atoms with van der Waals surface area (Å²) in [6.45, 7) is 7.35. The summed E-state index contributed by atoms with van der Waals surface area (Å²) in [6.07, 6.45) is -0.0232. The Kier molecular flexibility index (Phi) is 5.39. The van der Waals surface area contributed by atoms with Crippen molar-refractivity contribution in [2.75, 3.05) is 13.2 Å². The molecule has 1 aromatic carbocycles. The minimum Gasteiger partial charge on any atom is -0.464 e. The van der Waals surface area contributed by atoms with Gasteiger partial charge in [-0.3, -0.25) is 14.5 Å². The summed E-state index contributed by atoms with van der Waals surface area (Å²) in [7, 11) is 0. The van der Waals surface area contributed by atoms with Crippen LogP contribution in [0.25, 0.3) is 0 Å². The topological polar surface area (TPSA) is 72.9 Å². The number of hydrogen-bond acceptors (Lipinski definition) is 5. The molecule has 0 N–H and O–H groups in total. The molecule has 1 heterocycles. The molecule has 0 fully saturated rings. The van der Waals surface area contributed by atoms with Crippen LogP contribution in [0.15, 0.2) is 24.3 Å². The normalized spacial score (nSPS) is 15.4. The highest BCUT2D eigenvalue weighted by Gasteiger charge is 2.44. The number of esters is 1. The second-order valence-electron chi connectivity index (χ2n) is 6.42. The van der Waals surface area contributed by atoms with E-state index in [4.69, 9.17) is 9.47 Å². The fraction of sp³-hybridized carbons (Fsp3) is 0.500. The maximum absolute atomic E-state index is 12.5. The predicted molar refractivity (Wildman–Crippen MR) is 87.7 cm³/mol. The molecule has 2 rings (SSSR count). The largest absolute Gasteiger partial charge is 0.464 e. The summed E-state index contributed by atoms with van der Waals surface area (Å²) < 4.78 is 10.6. The van der Waals surface area contributed by atoms with Crippen molar-refractivity contribution >= 4 is 17.8 Å². The van der Waals surface area contributed by atoms with E-state index in [-0.39, 0.29) is 18.4 Å². The molecule has 1 aliphatic heterocycles. The Morgan fingerprint density at radius 1 is 1.17 bits per heavy atom. The van der Waals surface area contributed by atoms with Crippen molar-refractivity contribution in [1.29, 1.82) is 0 Å². The molecule has 6 nitrogen and oxygen atoms in total. The van der Waals surface area contributed by atoms with Crippen LogP contribution in [-0.2, 0) is 14.3 Å². The van der Waals surface area contributed by atoms with Crippen LogP contribution in [0.1, 0.15) is 54.8 Å². The smallest absolute Gasteiger partial charge is 0.334 e. The Hall–Kier alpha value is -2.21. The lowest BCUT2D eigenvalue weighted by Gasteiger charge is -2.34. The number of amides is 2. The van der Waals surface area contributed by atoms with Crippen molar-refractivity contribution in [2.24, 2.45) is 0 Å². The molecule has 0 aromatic heterocycles. The minimum absolute atomic E-state index is 0.0425. The number of rotatable bonds is 7. The number of hydrogen-bond donors (Lipinski definition) is 0. The van der Waals surface area contributed by atoms with Gasteiger partial charge in [-0.2, -0.15) is 0 Å². The molecule has 1 unspecified atom stereocenters. The van der Waals surface area contributed by atoms with Gasteiger partial charge in [-0.1, -0.05) is 19.1 Å². The minimum atomic E-state index is -0.882. The Bertz CT molecular complexity index is 618. The summed E-state index contributed by atoms with van der Waals surface area (Å²) in [5, 5.41) is 0. The fourth-order valence-electron chi connectivity index (χ4n) is 2.52. The molecule has 24 heavy (non-hydrogen) atoms. The van der Waals surface area contributed by atoms with E-state index in [2.05, 4.69) is 0 Å². The number of fused-ring (bicyclic) bond motifs is 1. The van der Waals surface area contributed by atoms with Crippen LogP contribution < -0.4 is 0 Å². The third-order valence-electron chi connectivity index (χ3n) is 3.87. The number of nitrogens with zero attached hydrogens (tertiary/aromatic N) is 1. The van der Waals surface area contributed by atoms with Gasteiger partial charge < -0.3 is 9.47 Å². The summed E-state index contributed by atoms with van der Waals surface area (Å²) >= 11 is 0. The lowest BCUT2D eigenvalue weighted by atomic mass is 10.0. The van der Waals surface area contributed by atoms with Gasteiger partial charge in [-0.05, 0) is 39.3 Å². The van der Waals surface area contributed by atoms with E-state index in [1.807, 2.05) is 6.92 Å². The molecule has 6 heteroatoms. The predicted octanol–water partition coefficient (Wildman–Crippen LogP) is 2.42. The second kappa shape index (κ2) is 7.13. The van der Waals surface area contributed by atoms with Gasteiger partial charge >= 0.3 is 5.97 Å². The third kappa shape index (κ3) is 3.48. The van der Waals surface area contributed by atoms with Gasteiger partial charge in [-0.25, -0.2) is 4.79 Å². The first kappa shape index (κ1) is 18.1. The maximum atomic E-state index is 12.5. The van der Waals surface area contributed by atoms with Gasteiger partial charge in [0.2, 0.25) is 0 Å². The van der Waals surface area contributed by atoms with Crippen LogP contribution >= 0.6 is 0 Å². The molecule has 1 atom stereocenters. The Labute approximate surface area is 141 Å². The van der Waals surface area contributed by atoms with Crippen LogP contribution in [0.5, 0.6) is 0 Å². The fourth-order valence-corrected chi connectivity index (χ4v) is 2.52. The Balaban J connectivity index is 2.05. The number of benzene rings is 1.